The molecule has 1 aliphatic rings. The number of benzene rings is 3. The molecule has 0 saturated carbocycles. The van der Waals surface area contributed by atoms with E-state index >= 15 is 0 Å². The molecule has 5 aromatic rings. The maximum atomic E-state index is 12.7. The Kier molecular flexibility index (Phi) is 5.29. The lowest BCUT2D eigenvalue weighted by atomic mass is 9.99. The Morgan fingerprint density at radius 1 is 0.972 bits per heavy atom. The summed E-state index contributed by atoms with van der Waals surface area (Å²) in [4.78, 5) is 30.1. The standard InChI is InChI=1S/C29H29N5O2/c1-29(2,3)36-28(35)34-12-4-5-26(34)27-30-16-25(33-27)22-9-8-18-13-19(6-7-20(18)14-22)21-10-11-23-24(15-21)32-17-31-23/h6-11,13-17,26H,4-5,12H2,1-3H3,(H,30,33)(H,31,32)/t26-/m0/s1. The molecule has 1 aliphatic heterocycles. The molecule has 0 spiro atoms. The molecular weight excluding hydrogens is 450 g/mol. The highest BCUT2D eigenvalue weighted by Gasteiger charge is 2.34. The summed E-state index contributed by atoms with van der Waals surface area (Å²) in [6.45, 7) is 6.35. The third-order valence-corrected chi connectivity index (χ3v) is 6.70. The van der Waals surface area contributed by atoms with Gasteiger partial charge in [0, 0.05) is 12.1 Å². The van der Waals surface area contributed by atoms with Crippen LogP contribution in [0.15, 0.2) is 67.1 Å². The zero-order valence-corrected chi connectivity index (χ0v) is 20.7. The number of fused-ring (bicyclic) bond motifs is 2. The predicted octanol–water partition coefficient (Wildman–Crippen LogP) is 6.85. The monoisotopic (exact) mass is 479 g/mol. The molecule has 0 bridgehead atoms. The molecule has 182 valence electrons. The van der Waals surface area contributed by atoms with E-state index in [1.165, 1.54) is 10.9 Å². The van der Waals surface area contributed by atoms with Crippen LogP contribution in [0.4, 0.5) is 4.79 Å². The van der Waals surface area contributed by atoms with Gasteiger partial charge in [0.05, 0.1) is 35.3 Å². The average Bonchev–Trinajstić information content (AvgIpc) is 3.62. The minimum absolute atomic E-state index is 0.0937. The molecular formula is C29H29N5O2. The molecule has 0 unspecified atom stereocenters. The Hall–Kier alpha value is -4.13. The Morgan fingerprint density at radius 2 is 1.69 bits per heavy atom. The summed E-state index contributed by atoms with van der Waals surface area (Å²) in [5.74, 6) is 0.804. The first-order valence-corrected chi connectivity index (χ1v) is 12.4. The summed E-state index contributed by atoms with van der Waals surface area (Å²) in [5.41, 5.74) is 5.81. The molecule has 0 radical (unpaired) electrons. The van der Waals surface area contributed by atoms with Crippen molar-refractivity contribution in [2.75, 3.05) is 6.54 Å². The van der Waals surface area contributed by atoms with Crippen LogP contribution in [0.2, 0.25) is 0 Å². The number of amides is 1. The molecule has 2 aromatic heterocycles. The summed E-state index contributed by atoms with van der Waals surface area (Å²) < 4.78 is 5.61. The third kappa shape index (κ3) is 4.21. The van der Waals surface area contributed by atoms with Gasteiger partial charge < -0.3 is 14.7 Å². The van der Waals surface area contributed by atoms with Gasteiger partial charge in [-0.1, -0.05) is 30.3 Å². The van der Waals surface area contributed by atoms with E-state index in [2.05, 4.69) is 68.5 Å². The van der Waals surface area contributed by atoms with Gasteiger partial charge in [-0.2, -0.15) is 0 Å². The highest BCUT2D eigenvalue weighted by molar-refractivity contribution is 5.91. The number of carbonyl (C=O) groups is 1. The molecule has 6 rings (SSSR count). The summed E-state index contributed by atoms with van der Waals surface area (Å²) >= 11 is 0. The smallest absolute Gasteiger partial charge is 0.410 e. The summed E-state index contributed by atoms with van der Waals surface area (Å²) in [7, 11) is 0. The van der Waals surface area contributed by atoms with E-state index in [-0.39, 0.29) is 12.1 Å². The van der Waals surface area contributed by atoms with Crippen LogP contribution in [-0.4, -0.2) is 43.1 Å². The summed E-state index contributed by atoms with van der Waals surface area (Å²) in [6.07, 6.45) is 5.11. The van der Waals surface area contributed by atoms with Crippen molar-refractivity contribution >= 4 is 27.9 Å². The lowest BCUT2D eigenvalue weighted by Crippen LogP contribution is -2.36. The Bertz CT molecular complexity index is 1580. The van der Waals surface area contributed by atoms with Crippen LogP contribution in [0, 0.1) is 0 Å². The summed E-state index contributed by atoms with van der Waals surface area (Å²) in [5, 5.41) is 2.33. The van der Waals surface area contributed by atoms with Gasteiger partial charge in [0.2, 0.25) is 0 Å². The maximum absolute atomic E-state index is 12.7. The molecule has 7 nitrogen and oxygen atoms in total. The van der Waals surface area contributed by atoms with Crippen molar-refractivity contribution in [1.82, 2.24) is 24.8 Å². The number of H-pyrrole nitrogens is 2. The molecule has 1 atom stereocenters. The second kappa shape index (κ2) is 8.52. The highest BCUT2D eigenvalue weighted by atomic mass is 16.6. The Labute approximate surface area is 209 Å². The molecule has 2 N–H and O–H groups in total. The number of hydrogen-bond acceptors (Lipinski definition) is 4. The van der Waals surface area contributed by atoms with Crippen molar-refractivity contribution in [3.05, 3.63) is 72.9 Å². The first-order chi connectivity index (χ1) is 17.3. The second-order valence-electron chi connectivity index (χ2n) is 10.4. The van der Waals surface area contributed by atoms with Gasteiger partial charge in [-0.3, -0.25) is 4.90 Å². The van der Waals surface area contributed by atoms with E-state index in [1.807, 2.05) is 33.0 Å². The minimum atomic E-state index is -0.519. The fourth-order valence-electron chi connectivity index (χ4n) is 4.95. The van der Waals surface area contributed by atoms with Gasteiger partial charge in [0.25, 0.3) is 0 Å². The number of likely N-dealkylation sites (tertiary alicyclic amines) is 1. The Morgan fingerprint density at radius 3 is 2.50 bits per heavy atom. The van der Waals surface area contributed by atoms with Crippen LogP contribution in [0.1, 0.15) is 45.5 Å². The normalized spacial score (nSPS) is 16.2. The minimum Gasteiger partial charge on any atom is -0.444 e. The Balaban J connectivity index is 1.25. The van der Waals surface area contributed by atoms with Crippen LogP contribution in [0.3, 0.4) is 0 Å². The van der Waals surface area contributed by atoms with Crippen LogP contribution in [0.5, 0.6) is 0 Å². The average molecular weight is 480 g/mol. The van der Waals surface area contributed by atoms with Crippen molar-refractivity contribution in [3.8, 4) is 22.4 Å². The van der Waals surface area contributed by atoms with Crippen LogP contribution in [0.25, 0.3) is 44.2 Å². The number of ether oxygens (including phenoxy) is 1. The van der Waals surface area contributed by atoms with E-state index in [4.69, 9.17) is 4.74 Å². The molecule has 3 aromatic carbocycles. The number of rotatable bonds is 3. The van der Waals surface area contributed by atoms with Gasteiger partial charge in [0.1, 0.15) is 11.4 Å². The number of aromatic amines is 2. The van der Waals surface area contributed by atoms with E-state index in [9.17, 15) is 4.79 Å². The second-order valence-corrected chi connectivity index (χ2v) is 10.4. The lowest BCUT2D eigenvalue weighted by molar-refractivity contribution is 0.0218. The summed E-state index contributed by atoms with van der Waals surface area (Å²) in [6, 6.07) is 19.1. The number of nitrogens with one attached hydrogen (secondary N) is 2. The fraction of sp³-hybridized carbons (Fsp3) is 0.276. The van der Waals surface area contributed by atoms with E-state index in [0.717, 1.165) is 51.9 Å². The van der Waals surface area contributed by atoms with Crippen molar-refractivity contribution in [2.45, 2.75) is 45.3 Å². The molecule has 1 saturated heterocycles. The van der Waals surface area contributed by atoms with Gasteiger partial charge in [-0.05, 0) is 79.8 Å². The van der Waals surface area contributed by atoms with E-state index < -0.39 is 5.60 Å². The van der Waals surface area contributed by atoms with Crippen LogP contribution < -0.4 is 0 Å². The molecule has 1 fully saturated rings. The highest BCUT2D eigenvalue weighted by Crippen LogP contribution is 2.34. The zero-order chi connectivity index (χ0) is 24.9. The van der Waals surface area contributed by atoms with Gasteiger partial charge >= 0.3 is 6.09 Å². The molecule has 36 heavy (non-hydrogen) atoms. The molecule has 3 heterocycles. The van der Waals surface area contributed by atoms with Crippen LogP contribution >= 0.6 is 0 Å². The number of carbonyl (C=O) groups excluding carboxylic acids is 1. The van der Waals surface area contributed by atoms with Crippen molar-refractivity contribution < 1.29 is 9.53 Å². The van der Waals surface area contributed by atoms with Crippen molar-refractivity contribution in [3.63, 3.8) is 0 Å². The SMILES string of the molecule is CC(C)(C)OC(=O)N1CCC[C@H]1c1ncc(-c2ccc3cc(-c4ccc5nc[nH]c5c4)ccc3c2)[nH]1. The van der Waals surface area contributed by atoms with Crippen LogP contribution in [-0.2, 0) is 4.74 Å². The first-order valence-electron chi connectivity index (χ1n) is 12.4. The quantitative estimate of drug-likeness (QED) is 0.296. The van der Waals surface area contributed by atoms with Gasteiger partial charge in [-0.15, -0.1) is 0 Å². The third-order valence-electron chi connectivity index (χ3n) is 6.70. The van der Waals surface area contributed by atoms with E-state index in [1.54, 1.807) is 11.2 Å². The molecule has 7 heteroatoms. The topological polar surface area (TPSA) is 86.9 Å². The zero-order valence-electron chi connectivity index (χ0n) is 20.7. The van der Waals surface area contributed by atoms with E-state index in [0.29, 0.717) is 6.54 Å². The number of imidazole rings is 2. The maximum Gasteiger partial charge on any atom is 0.410 e. The first kappa shape index (κ1) is 22.3. The number of hydrogen-bond donors (Lipinski definition) is 2. The number of aromatic nitrogens is 4. The number of nitrogens with zero attached hydrogens (tertiary/aromatic N) is 3. The molecule has 0 aliphatic carbocycles. The lowest BCUT2D eigenvalue weighted by Gasteiger charge is -2.27. The van der Waals surface area contributed by atoms with Crippen molar-refractivity contribution in [1.29, 1.82) is 0 Å². The molecule has 1 amide bonds. The predicted molar refractivity (Wildman–Crippen MR) is 142 cm³/mol. The van der Waals surface area contributed by atoms with Gasteiger partial charge in [0.15, 0.2) is 0 Å². The fourth-order valence-corrected chi connectivity index (χ4v) is 4.95. The largest absolute Gasteiger partial charge is 0.444 e. The van der Waals surface area contributed by atoms with Gasteiger partial charge in [-0.25, -0.2) is 14.8 Å². The van der Waals surface area contributed by atoms with Crippen molar-refractivity contribution in [2.24, 2.45) is 0 Å².